The van der Waals surface area contributed by atoms with Crippen molar-refractivity contribution in [1.82, 2.24) is 9.55 Å². The van der Waals surface area contributed by atoms with E-state index in [2.05, 4.69) is 65.1 Å². The lowest BCUT2D eigenvalue weighted by Gasteiger charge is -2.43. The van der Waals surface area contributed by atoms with Gasteiger partial charge in [0.15, 0.2) is 0 Å². The van der Waals surface area contributed by atoms with Crippen LogP contribution >= 0.6 is 0 Å². The molecule has 1 N–H and O–H groups in total. The summed E-state index contributed by atoms with van der Waals surface area (Å²) in [5, 5.41) is 3.69. The number of benzene rings is 1. The molecule has 0 spiro atoms. The highest BCUT2D eigenvalue weighted by molar-refractivity contribution is 5.89. The van der Waals surface area contributed by atoms with Crippen LogP contribution in [0.5, 0.6) is 0 Å². The number of nitrogens with one attached hydrogen (secondary N) is 1. The smallest absolute Gasteiger partial charge is 0.270 e. The Kier molecular flexibility index (Phi) is 5.21. The molecule has 2 aromatic heterocycles. The lowest BCUT2D eigenvalue weighted by Crippen LogP contribution is -2.50. The van der Waals surface area contributed by atoms with E-state index >= 15 is 0 Å². The van der Waals surface area contributed by atoms with E-state index in [1.54, 1.807) is 23.7 Å². The van der Waals surface area contributed by atoms with E-state index in [4.69, 9.17) is 6.57 Å². The Morgan fingerprint density at radius 3 is 2.60 bits per heavy atom. The van der Waals surface area contributed by atoms with Crippen molar-refractivity contribution in [3.63, 3.8) is 0 Å². The molecular formula is C24H27N5O. The Balaban J connectivity index is 1.66. The van der Waals surface area contributed by atoms with E-state index in [0.717, 1.165) is 35.4 Å². The monoisotopic (exact) mass is 401 g/mol. The van der Waals surface area contributed by atoms with Gasteiger partial charge in [-0.3, -0.25) is 4.79 Å². The van der Waals surface area contributed by atoms with Crippen molar-refractivity contribution in [3.05, 3.63) is 69.8 Å². The fourth-order valence-corrected chi connectivity index (χ4v) is 4.33. The number of nitrogens with zero attached hydrogens (tertiary/aromatic N) is 4. The predicted molar refractivity (Wildman–Crippen MR) is 122 cm³/mol. The second kappa shape index (κ2) is 7.83. The third-order valence-corrected chi connectivity index (χ3v) is 6.18. The van der Waals surface area contributed by atoms with Crippen LogP contribution in [-0.4, -0.2) is 28.2 Å². The number of hydrogen-bond acceptors (Lipinski definition) is 4. The summed E-state index contributed by atoms with van der Waals surface area (Å²) in [5.41, 5.74) is 4.63. The van der Waals surface area contributed by atoms with Gasteiger partial charge in [0.25, 0.3) is 11.4 Å². The Labute approximate surface area is 177 Å². The average Bonchev–Trinajstić information content (AvgIpc) is 2.74. The second-order valence-electron chi connectivity index (χ2n) is 8.41. The summed E-state index contributed by atoms with van der Waals surface area (Å²) in [5.74, 6) is 0.727. The maximum atomic E-state index is 12.6. The maximum Gasteiger partial charge on any atom is 0.270 e. The van der Waals surface area contributed by atoms with Crippen LogP contribution in [0.15, 0.2) is 47.3 Å². The number of hydrogen-bond donors (Lipinski definition) is 1. The SMILES string of the molecule is [C-]#[N+]c1ccc2c(n1)c(N1C[C@H](C)C(Nc3ccc(C)cc3)C[C@@H]1C)cc(=O)n2C. The van der Waals surface area contributed by atoms with Crippen molar-refractivity contribution < 1.29 is 0 Å². The van der Waals surface area contributed by atoms with E-state index in [-0.39, 0.29) is 11.6 Å². The fourth-order valence-electron chi connectivity index (χ4n) is 4.33. The molecule has 1 fully saturated rings. The fraction of sp³-hybridized carbons (Fsp3) is 0.375. The van der Waals surface area contributed by atoms with Gasteiger partial charge in [0.1, 0.15) is 0 Å². The van der Waals surface area contributed by atoms with Crippen LogP contribution in [0.3, 0.4) is 0 Å². The van der Waals surface area contributed by atoms with Crippen LogP contribution in [0.1, 0.15) is 25.8 Å². The molecule has 1 aliphatic rings. The van der Waals surface area contributed by atoms with Gasteiger partial charge in [-0.25, -0.2) is 0 Å². The van der Waals surface area contributed by atoms with Crippen LogP contribution < -0.4 is 15.8 Å². The number of aromatic nitrogens is 2. The van der Waals surface area contributed by atoms with Gasteiger partial charge < -0.3 is 19.6 Å². The zero-order valence-electron chi connectivity index (χ0n) is 17.9. The van der Waals surface area contributed by atoms with Gasteiger partial charge in [0, 0.05) is 37.4 Å². The molecule has 30 heavy (non-hydrogen) atoms. The van der Waals surface area contributed by atoms with Crippen LogP contribution in [0, 0.1) is 19.4 Å². The average molecular weight is 402 g/mol. The molecule has 1 unspecified atom stereocenters. The highest BCUT2D eigenvalue weighted by Gasteiger charge is 2.33. The minimum absolute atomic E-state index is 0.0605. The van der Waals surface area contributed by atoms with Crippen molar-refractivity contribution in [2.75, 3.05) is 16.8 Å². The Bertz CT molecular complexity index is 1180. The van der Waals surface area contributed by atoms with Crippen LogP contribution in [-0.2, 0) is 7.05 Å². The number of piperidine rings is 1. The first-order valence-electron chi connectivity index (χ1n) is 10.4. The number of pyridine rings is 2. The Morgan fingerprint density at radius 1 is 1.17 bits per heavy atom. The molecule has 154 valence electrons. The highest BCUT2D eigenvalue weighted by Crippen LogP contribution is 2.33. The summed E-state index contributed by atoms with van der Waals surface area (Å²) in [6.07, 6.45) is 0.953. The number of aryl methyl sites for hydroxylation is 2. The molecule has 1 aromatic carbocycles. The molecule has 6 nitrogen and oxygen atoms in total. The van der Waals surface area contributed by atoms with Crippen LogP contribution in [0.4, 0.5) is 17.2 Å². The van der Waals surface area contributed by atoms with E-state index in [1.807, 2.05) is 6.07 Å². The molecule has 0 aliphatic carbocycles. The zero-order chi connectivity index (χ0) is 21.4. The molecule has 1 aliphatic heterocycles. The first-order chi connectivity index (χ1) is 14.4. The van der Waals surface area contributed by atoms with E-state index in [1.165, 1.54) is 5.56 Å². The standard InChI is InChI=1S/C24H27N5O/c1-15-6-8-18(9-7-15)26-19-12-17(3)29(14-16(19)2)21-13-23(30)28(5)20-10-11-22(25-4)27-24(20)21/h6-11,13,16-17,19,26H,12,14H2,1-3,5H3/t16-,17-,19?/m0/s1. The molecule has 4 rings (SSSR count). The molecule has 3 atom stereocenters. The quantitative estimate of drug-likeness (QED) is 0.656. The molecule has 0 saturated carbocycles. The summed E-state index contributed by atoms with van der Waals surface area (Å²) in [6, 6.07) is 14.2. The molecule has 0 bridgehead atoms. The second-order valence-corrected chi connectivity index (χ2v) is 8.41. The van der Waals surface area contributed by atoms with Gasteiger partial charge in [-0.05, 0) is 50.5 Å². The van der Waals surface area contributed by atoms with Crippen molar-refractivity contribution in [2.24, 2.45) is 13.0 Å². The molecule has 0 amide bonds. The van der Waals surface area contributed by atoms with Crippen LogP contribution in [0.2, 0.25) is 0 Å². The Hall–Kier alpha value is -3.33. The summed E-state index contributed by atoms with van der Waals surface area (Å²) < 4.78 is 1.60. The summed E-state index contributed by atoms with van der Waals surface area (Å²) in [4.78, 5) is 22.9. The molecule has 3 aromatic rings. The first-order valence-corrected chi connectivity index (χ1v) is 10.4. The number of anilines is 2. The zero-order valence-corrected chi connectivity index (χ0v) is 17.9. The number of rotatable bonds is 3. The molecule has 6 heteroatoms. The van der Waals surface area contributed by atoms with Gasteiger partial charge in [0.2, 0.25) is 5.52 Å². The van der Waals surface area contributed by atoms with E-state index in [0.29, 0.717) is 17.8 Å². The minimum atomic E-state index is -0.0605. The van der Waals surface area contributed by atoms with Crippen LogP contribution in [0.25, 0.3) is 15.9 Å². The molecular weight excluding hydrogens is 374 g/mol. The van der Waals surface area contributed by atoms with Crippen molar-refractivity contribution in [3.8, 4) is 0 Å². The third kappa shape index (κ3) is 3.63. The van der Waals surface area contributed by atoms with E-state index < -0.39 is 0 Å². The molecule has 3 heterocycles. The summed E-state index contributed by atoms with van der Waals surface area (Å²) >= 11 is 0. The topological polar surface area (TPSA) is 54.5 Å². The van der Waals surface area contributed by atoms with Gasteiger partial charge in [-0.1, -0.05) is 31.2 Å². The van der Waals surface area contributed by atoms with Gasteiger partial charge in [-0.2, -0.15) is 0 Å². The normalized spacial score (nSPS) is 21.4. The van der Waals surface area contributed by atoms with Crippen molar-refractivity contribution >= 4 is 28.2 Å². The third-order valence-electron chi connectivity index (χ3n) is 6.18. The lowest BCUT2D eigenvalue weighted by molar-refractivity contribution is 0.356. The number of fused-ring (bicyclic) bond motifs is 1. The largest absolute Gasteiger partial charge is 0.382 e. The van der Waals surface area contributed by atoms with Gasteiger partial charge in [-0.15, -0.1) is 4.98 Å². The maximum absolute atomic E-state index is 12.6. The van der Waals surface area contributed by atoms with Crippen molar-refractivity contribution in [2.45, 2.75) is 39.3 Å². The van der Waals surface area contributed by atoms with Gasteiger partial charge >= 0.3 is 0 Å². The lowest BCUT2D eigenvalue weighted by atomic mass is 9.88. The minimum Gasteiger partial charge on any atom is -0.382 e. The first kappa shape index (κ1) is 20.0. The highest BCUT2D eigenvalue weighted by atomic mass is 16.1. The summed E-state index contributed by atoms with van der Waals surface area (Å²) in [7, 11) is 1.75. The molecule has 0 radical (unpaired) electrons. The van der Waals surface area contributed by atoms with Gasteiger partial charge in [0.05, 0.1) is 11.2 Å². The predicted octanol–water partition coefficient (Wildman–Crippen LogP) is 4.51. The van der Waals surface area contributed by atoms with E-state index in [9.17, 15) is 4.79 Å². The van der Waals surface area contributed by atoms with Crippen molar-refractivity contribution in [1.29, 1.82) is 0 Å². The summed E-state index contributed by atoms with van der Waals surface area (Å²) in [6.45, 7) is 14.7. The molecule has 1 saturated heterocycles. The Morgan fingerprint density at radius 2 is 1.90 bits per heavy atom.